The van der Waals surface area contributed by atoms with Gasteiger partial charge in [0.25, 0.3) is 0 Å². The minimum absolute atomic E-state index is 0. The van der Waals surface area contributed by atoms with Crippen molar-refractivity contribution >= 4 is 0 Å². The molecule has 0 atom stereocenters. The van der Waals surface area contributed by atoms with Gasteiger partial charge in [0, 0.05) is 33.6 Å². The maximum atomic E-state index is 6.62. The van der Waals surface area contributed by atoms with E-state index in [9.17, 15) is 0 Å². The fourth-order valence-electron chi connectivity index (χ4n) is 0. The van der Waals surface area contributed by atoms with Crippen LogP contribution < -0.4 is 0 Å². The van der Waals surface area contributed by atoms with Gasteiger partial charge in [-0.05, 0) is 0 Å². The van der Waals surface area contributed by atoms with E-state index in [1.165, 1.54) is 0 Å². The van der Waals surface area contributed by atoms with Crippen molar-refractivity contribution in [1.29, 1.82) is 0 Å². The Bertz CT molecular complexity index is 6.85. The maximum Gasteiger partial charge on any atom is 0 e. The van der Waals surface area contributed by atoms with Crippen molar-refractivity contribution in [3.8, 4) is 0 Å². The van der Waals surface area contributed by atoms with E-state index in [0.717, 1.165) is 0 Å². The molecule has 0 aromatic carbocycles. The molecular weight excluding hydrogens is 162 g/mol. The molecule has 0 unspecified atom stereocenters. The van der Waals surface area contributed by atoms with Gasteiger partial charge in [0.15, 0.2) is 0 Å². The molecule has 0 saturated heterocycles. The molecule has 0 aliphatic rings. The van der Waals surface area contributed by atoms with E-state index < -0.39 is 0 Å². The Hall–Kier alpha value is 0.893. The third-order valence-corrected chi connectivity index (χ3v) is 0. The van der Waals surface area contributed by atoms with E-state index in [1.807, 2.05) is 0 Å². The summed E-state index contributed by atoms with van der Waals surface area (Å²) in [7, 11) is 0. The first-order valence-corrected chi connectivity index (χ1v) is 0.365. The van der Waals surface area contributed by atoms with Crippen LogP contribution in [-0.4, -0.2) is 10.5 Å². The van der Waals surface area contributed by atoms with Crippen molar-refractivity contribution in [1.82, 2.24) is 0 Å². The first-order valence-electron chi connectivity index (χ1n) is 0.365. The van der Waals surface area contributed by atoms with Crippen LogP contribution in [0.2, 0.25) is 0 Å². The molecule has 0 aromatic rings. The summed E-state index contributed by atoms with van der Waals surface area (Å²) in [5, 5.41) is 15.5. The predicted octanol–water partition coefficient (Wildman–Crippen LogP) is -0.0560. The molecule has 3 nitrogen and oxygen atoms in total. The molecule has 1 radical (unpaired) electrons. The smallest absolute Gasteiger partial charge is 0 e. The first-order chi connectivity index (χ1) is 1.41. The molecule has 0 amide bonds. The van der Waals surface area contributed by atoms with Gasteiger partial charge in [0.2, 0.25) is 0 Å². The summed E-state index contributed by atoms with van der Waals surface area (Å²) in [4.78, 5) is 0. The van der Waals surface area contributed by atoms with Crippen LogP contribution in [-0.2, 0) is 38.6 Å². The van der Waals surface area contributed by atoms with Crippen molar-refractivity contribution < 1.29 is 49.1 Å². The monoisotopic (exact) mass is 163 g/mol. The Kier molecular flexibility index (Phi) is 69.8. The SMILES string of the molecule is OOO.[Mn].[Ni]. The Morgan fingerprint density at radius 3 is 1.20 bits per heavy atom. The van der Waals surface area contributed by atoms with E-state index in [2.05, 4.69) is 5.04 Å². The summed E-state index contributed by atoms with van der Waals surface area (Å²) in [5.41, 5.74) is 0. The fraction of sp³-hybridized carbons (Fsp3) is 0. The minimum Gasteiger partial charge on any atom is -0.221 e. The average molecular weight is 164 g/mol. The van der Waals surface area contributed by atoms with Crippen molar-refractivity contribution in [3.05, 3.63) is 0 Å². The summed E-state index contributed by atoms with van der Waals surface area (Å²) in [5.74, 6) is 0. The van der Waals surface area contributed by atoms with Crippen LogP contribution in [0.25, 0.3) is 0 Å². The molecule has 37 valence electrons. The molecule has 0 spiro atoms. The van der Waals surface area contributed by atoms with Gasteiger partial charge < -0.3 is 0 Å². The second-order valence-electron chi connectivity index (χ2n) is 0.0816. The molecular formula is H2MnNiO3. The van der Waals surface area contributed by atoms with Gasteiger partial charge in [0.05, 0.1) is 0 Å². The Morgan fingerprint density at radius 2 is 1.20 bits per heavy atom. The molecule has 0 bridgehead atoms. The quantitative estimate of drug-likeness (QED) is 0.299. The maximum absolute atomic E-state index is 6.62. The summed E-state index contributed by atoms with van der Waals surface area (Å²) in [6.45, 7) is 0. The molecule has 5 heteroatoms. The van der Waals surface area contributed by atoms with Crippen LogP contribution in [0.3, 0.4) is 0 Å². The largest absolute Gasteiger partial charge is 0.221 e. The zero-order valence-electron chi connectivity index (χ0n) is 2.00. The average Bonchev–Trinajstić information content (AvgIpc) is 0.918. The molecule has 0 fully saturated rings. The van der Waals surface area contributed by atoms with Crippen LogP contribution in [0.4, 0.5) is 0 Å². The molecule has 5 heavy (non-hydrogen) atoms. The van der Waals surface area contributed by atoms with E-state index in [0.29, 0.717) is 0 Å². The third kappa shape index (κ3) is 51.4. The van der Waals surface area contributed by atoms with Gasteiger partial charge in [-0.15, -0.1) is 0 Å². The van der Waals surface area contributed by atoms with Crippen LogP contribution in [0.15, 0.2) is 0 Å². The normalized spacial score (nSPS) is 3.60. The van der Waals surface area contributed by atoms with Crippen molar-refractivity contribution in [2.24, 2.45) is 0 Å². The van der Waals surface area contributed by atoms with Gasteiger partial charge in [-0.3, -0.25) is 0 Å². The van der Waals surface area contributed by atoms with Gasteiger partial charge >= 0.3 is 0 Å². The fourth-order valence-corrected chi connectivity index (χ4v) is 0. The van der Waals surface area contributed by atoms with E-state index in [4.69, 9.17) is 10.5 Å². The van der Waals surface area contributed by atoms with Gasteiger partial charge in [-0.25, -0.2) is 10.5 Å². The number of hydrogen-bond donors (Lipinski definition) is 2. The standard InChI is InChI=1S/Mn.Ni.H2O3/c;;1-3-2/h;;1-2H. The van der Waals surface area contributed by atoms with Gasteiger partial charge in [0.1, 0.15) is 0 Å². The zero-order chi connectivity index (χ0) is 2.71. The summed E-state index contributed by atoms with van der Waals surface area (Å²) in [6, 6.07) is 0. The Morgan fingerprint density at radius 1 is 1.20 bits per heavy atom. The molecule has 0 rings (SSSR count). The van der Waals surface area contributed by atoms with Gasteiger partial charge in [-0.2, -0.15) is 0 Å². The summed E-state index contributed by atoms with van der Waals surface area (Å²) < 4.78 is 0. The Balaban J connectivity index is -0.0000000200. The minimum atomic E-state index is 0. The van der Waals surface area contributed by atoms with Crippen molar-refractivity contribution in [2.75, 3.05) is 0 Å². The molecule has 0 aromatic heterocycles. The van der Waals surface area contributed by atoms with Crippen LogP contribution >= 0.6 is 0 Å². The van der Waals surface area contributed by atoms with Gasteiger partial charge in [-0.1, -0.05) is 5.04 Å². The summed E-state index contributed by atoms with van der Waals surface area (Å²) in [6.07, 6.45) is 0. The van der Waals surface area contributed by atoms with E-state index in [1.54, 1.807) is 0 Å². The predicted molar refractivity (Wildman–Crippen MR) is 6.34 cm³/mol. The van der Waals surface area contributed by atoms with E-state index in [-0.39, 0.29) is 33.6 Å². The molecule has 0 saturated carbocycles. The second-order valence-corrected chi connectivity index (χ2v) is 0.0816. The molecule has 2 N–H and O–H groups in total. The Labute approximate surface area is 49.6 Å². The first kappa shape index (κ1) is 16.9. The molecule has 0 heterocycles. The number of hydrogen-bond acceptors (Lipinski definition) is 3. The zero-order valence-corrected chi connectivity index (χ0v) is 4.16. The van der Waals surface area contributed by atoms with Crippen LogP contribution in [0.5, 0.6) is 0 Å². The van der Waals surface area contributed by atoms with Crippen molar-refractivity contribution in [2.45, 2.75) is 0 Å². The molecule has 0 aliphatic heterocycles. The van der Waals surface area contributed by atoms with Crippen LogP contribution in [0.1, 0.15) is 0 Å². The molecule has 0 aliphatic carbocycles. The van der Waals surface area contributed by atoms with Crippen molar-refractivity contribution in [3.63, 3.8) is 0 Å². The van der Waals surface area contributed by atoms with Crippen LogP contribution in [0, 0.1) is 0 Å². The third-order valence-electron chi connectivity index (χ3n) is 0. The second kappa shape index (κ2) is 20.7. The number of rotatable bonds is 0. The summed E-state index contributed by atoms with van der Waals surface area (Å²) >= 11 is 0. The van der Waals surface area contributed by atoms with E-state index >= 15 is 0 Å². The topological polar surface area (TPSA) is 49.7 Å².